The second kappa shape index (κ2) is 8.57. The highest BCUT2D eigenvalue weighted by molar-refractivity contribution is 9.10. The molecule has 0 spiro atoms. The van der Waals surface area contributed by atoms with E-state index in [1.165, 1.54) is 0 Å². The molecule has 0 saturated carbocycles. The third-order valence-corrected chi connectivity index (χ3v) is 4.26. The Labute approximate surface area is 157 Å². The second-order valence-electron chi connectivity index (χ2n) is 3.74. The Morgan fingerprint density at radius 3 is 1.78 bits per heavy atom. The minimum Gasteiger partial charge on any atom is -0.244 e. The lowest BCUT2D eigenvalue weighted by Gasteiger charge is -1.98. The molecule has 2 aromatic rings. The highest BCUT2D eigenvalue weighted by atomic mass is 79.9. The van der Waals surface area contributed by atoms with E-state index >= 15 is 0 Å². The zero-order chi connectivity index (χ0) is 17.7. The van der Waals surface area contributed by atoms with Gasteiger partial charge in [-0.25, -0.2) is 14.4 Å². The zero-order valence-electron chi connectivity index (χ0n) is 10.8. The van der Waals surface area contributed by atoms with Crippen molar-refractivity contribution in [2.75, 3.05) is 0 Å². The topological polar surface area (TPSA) is 89.8 Å². The van der Waals surface area contributed by atoms with Gasteiger partial charge >= 0.3 is 17.1 Å². The van der Waals surface area contributed by atoms with E-state index in [-0.39, 0.29) is 12.3 Å². The summed E-state index contributed by atoms with van der Waals surface area (Å²) in [5, 5.41) is 8.54. The van der Waals surface area contributed by atoms with E-state index in [1.54, 1.807) is 12.1 Å². The molecular formula is C11H5BrCl4N4O3. The van der Waals surface area contributed by atoms with Crippen molar-refractivity contribution < 1.29 is 0 Å². The number of nitrogens with zero attached hydrogens (tertiary/aromatic N) is 4. The maximum absolute atomic E-state index is 10.8. The van der Waals surface area contributed by atoms with Gasteiger partial charge in [0, 0.05) is 45.7 Å². The summed E-state index contributed by atoms with van der Waals surface area (Å²) in [6.07, 6.45) is 0. The van der Waals surface area contributed by atoms with Gasteiger partial charge in [0.2, 0.25) is 0 Å². The first kappa shape index (κ1) is 19.8. The lowest BCUT2D eigenvalue weighted by atomic mass is 10.2. The zero-order valence-corrected chi connectivity index (χ0v) is 15.5. The molecule has 23 heavy (non-hydrogen) atoms. The molecular weight excluding hydrogens is 458 g/mol. The summed E-state index contributed by atoms with van der Waals surface area (Å²) >= 11 is 24.3. The summed E-state index contributed by atoms with van der Waals surface area (Å²) in [6.45, 7) is 0. The monoisotopic (exact) mass is 460 g/mol. The molecule has 1 heterocycles. The summed E-state index contributed by atoms with van der Waals surface area (Å²) in [5.74, 6) is 0.427. The van der Waals surface area contributed by atoms with Crippen LogP contribution in [0.5, 0.6) is 0 Å². The van der Waals surface area contributed by atoms with E-state index in [9.17, 15) is 14.4 Å². The van der Waals surface area contributed by atoms with Crippen LogP contribution in [-0.2, 0) is 5.88 Å². The van der Waals surface area contributed by atoms with Crippen LogP contribution in [0.4, 0.5) is 0 Å². The lowest BCUT2D eigenvalue weighted by molar-refractivity contribution is 0.770. The summed E-state index contributed by atoms with van der Waals surface area (Å²) in [7, 11) is 0. The molecule has 7 nitrogen and oxygen atoms in total. The molecule has 2 rings (SSSR count). The van der Waals surface area contributed by atoms with Crippen molar-refractivity contribution in [3.05, 3.63) is 65.3 Å². The number of benzene rings is 1. The third-order valence-electron chi connectivity index (χ3n) is 2.33. The molecule has 0 atom stereocenters. The molecule has 0 radical (unpaired) electrons. The number of alkyl halides is 1. The van der Waals surface area contributed by atoms with Gasteiger partial charge in [0.15, 0.2) is 0 Å². The predicted octanol–water partition coefficient (Wildman–Crippen LogP) is 2.24. The Morgan fingerprint density at radius 1 is 1.00 bits per heavy atom. The van der Waals surface area contributed by atoms with Crippen molar-refractivity contribution in [3.8, 4) is 6.07 Å². The maximum Gasteiger partial charge on any atom is 0.366 e. The normalized spacial score (nSPS) is 9.74. The van der Waals surface area contributed by atoms with Crippen LogP contribution in [0.25, 0.3) is 0 Å². The van der Waals surface area contributed by atoms with Gasteiger partial charge in [-0.2, -0.15) is 5.26 Å². The molecule has 0 amide bonds. The minimum atomic E-state index is -1.16. The molecule has 0 saturated heterocycles. The summed E-state index contributed by atoms with van der Waals surface area (Å²) in [6, 6.07) is 7.40. The molecule has 122 valence electrons. The van der Waals surface area contributed by atoms with E-state index in [4.69, 9.17) is 52.2 Å². The first-order valence-corrected chi connectivity index (χ1v) is 7.82. The van der Waals surface area contributed by atoms with Crippen LogP contribution in [0.15, 0.2) is 37.1 Å². The number of nitriles is 1. The van der Waals surface area contributed by atoms with E-state index in [0.29, 0.717) is 11.4 Å². The van der Waals surface area contributed by atoms with E-state index < -0.39 is 17.1 Å². The van der Waals surface area contributed by atoms with Gasteiger partial charge in [-0.15, -0.1) is 23.9 Å². The van der Waals surface area contributed by atoms with Crippen LogP contribution in [-0.4, -0.2) is 12.3 Å². The fourth-order valence-electron chi connectivity index (χ4n) is 1.22. The molecule has 0 aliphatic carbocycles. The smallest absolute Gasteiger partial charge is 0.244 e. The van der Waals surface area contributed by atoms with Crippen LogP contribution in [0.1, 0.15) is 11.1 Å². The molecule has 1 aromatic carbocycles. The quantitative estimate of drug-likeness (QED) is 0.608. The Kier molecular flexibility index (Phi) is 7.38. The van der Waals surface area contributed by atoms with Crippen molar-refractivity contribution in [2.45, 2.75) is 5.88 Å². The van der Waals surface area contributed by atoms with Crippen molar-refractivity contribution in [1.29, 1.82) is 5.26 Å². The van der Waals surface area contributed by atoms with Crippen LogP contribution in [0.3, 0.4) is 0 Å². The van der Waals surface area contributed by atoms with Gasteiger partial charge in [-0.3, -0.25) is 0 Å². The fraction of sp³-hybridized carbons (Fsp3) is 0.0909. The SMILES string of the molecule is N#Cc1ccc(Br)c(CCl)c1.O=c1n(Cl)c(=O)n(Cl)c(=O)n1Cl. The van der Waals surface area contributed by atoms with E-state index in [0.717, 1.165) is 10.0 Å². The van der Waals surface area contributed by atoms with E-state index in [1.807, 2.05) is 12.1 Å². The first-order valence-electron chi connectivity index (χ1n) is 5.48. The second-order valence-corrected chi connectivity index (χ2v) is 5.88. The predicted molar refractivity (Wildman–Crippen MR) is 91.4 cm³/mol. The van der Waals surface area contributed by atoms with Crippen molar-refractivity contribution >= 4 is 62.9 Å². The summed E-state index contributed by atoms with van der Waals surface area (Å²) in [5.41, 5.74) is -1.89. The van der Waals surface area contributed by atoms with Crippen LogP contribution in [0, 0.1) is 11.3 Å². The molecule has 0 bridgehead atoms. The molecule has 0 fully saturated rings. The highest BCUT2D eigenvalue weighted by Crippen LogP contribution is 2.19. The molecule has 0 N–H and O–H groups in total. The Bertz CT molecular complexity index is 842. The first-order chi connectivity index (χ1) is 10.7. The molecule has 0 aliphatic rings. The van der Waals surface area contributed by atoms with E-state index in [2.05, 4.69) is 15.9 Å². The number of hydrogen-bond donors (Lipinski definition) is 0. The minimum absolute atomic E-state index is 0.0847. The summed E-state index contributed by atoms with van der Waals surface area (Å²) < 4.78 is 1.20. The molecule has 0 unspecified atom stereocenters. The largest absolute Gasteiger partial charge is 0.366 e. The number of halogens is 5. The number of rotatable bonds is 1. The highest BCUT2D eigenvalue weighted by Gasteiger charge is 2.10. The standard InChI is InChI=1S/C8H5BrClN.C3Cl3N3O3/c9-8-2-1-6(5-11)3-7(8)4-10;4-7-1(10)8(5)3(12)9(6)2(7)11/h1-3H,4H2;. The van der Waals surface area contributed by atoms with Crippen molar-refractivity contribution in [2.24, 2.45) is 0 Å². The Hall–Kier alpha value is -1.24. The van der Waals surface area contributed by atoms with Crippen molar-refractivity contribution in [3.63, 3.8) is 0 Å². The van der Waals surface area contributed by atoms with Gasteiger partial charge in [0.05, 0.1) is 11.6 Å². The third kappa shape index (κ3) is 4.62. The number of hydrogen-bond acceptors (Lipinski definition) is 4. The maximum atomic E-state index is 10.8. The molecule has 0 aliphatic heterocycles. The van der Waals surface area contributed by atoms with Gasteiger partial charge in [-0.05, 0) is 23.8 Å². The van der Waals surface area contributed by atoms with Crippen LogP contribution in [0.2, 0.25) is 0 Å². The van der Waals surface area contributed by atoms with Gasteiger partial charge in [0.25, 0.3) is 0 Å². The van der Waals surface area contributed by atoms with Gasteiger partial charge in [-0.1, -0.05) is 15.9 Å². The Morgan fingerprint density at radius 2 is 1.43 bits per heavy atom. The molecule has 1 aromatic heterocycles. The van der Waals surface area contributed by atoms with Crippen molar-refractivity contribution in [1.82, 2.24) is 12.3 Å². The lowest BCUT2D eigenvalue weighted by Crippen LogP contribution is -2.47. The summed E-state index contributed by atoms with van der Waals surface area (Å²) in [4.78, 5) is 32.3. The average molecular weight is 463 g/mol. The average Bonchev–Trinajstić information content (AvgIpc) is 2.57. The van der Waals surface area contributed by atoms with Crippen LogP contribution < -0.4 is 17.1 Å². The number of aromatic nitrogens is 3. The van der Waals surface area contributed by atoms with Crippen LogP contribution >= 0.6 is 62.9 Å². The molecule has 12 heteroatoms. The van der Waals surface area contributed by atoms with Gasteiger partial charge in [0.1, 0.15) is 0 Å². The van der Waals surface area contributed by atoms with Gasteiger partial charge < -0.3 is 0 Å². The fourth-order valence-corrected chi connectivity index (χ4v) is 2.56. The Balaban J connectivity index is 0.000000231.